The summed E-state index contributed by atoms with van der Waals surface area (Å²) in [5.74, 6) is -7.81. The van der Waals surface area contributed by atoms with Crippen molar-refractivity contribution in [3.05, 3.63) is 395 Å². The molecule has 4 amide bonds. The van der Waals surface area contributed by atoms with E-state index in [0.717, 1.165) is 22.4 Å². The van der Waals surface area contributed by atoms with Crippen molar-refractivity contribution >= 4 is 92.8 Å². The first-order valence-electron chi connectivity index (χ1n) is 48.8. The van der Waals surface area contributed by atoms with Crippen LogP contribution in [0.4, 0.5) is 49.1 Å². The first kappa shape index (κ1) is 114. The molecule has 12 aromatic carbocycles. The van der Waals surface area contributed by atoms with Gasteiger partial charge in [0.2, 0.25) is 11.8 Å². The molecule has 2 aliphatic rings. The largest absolute Gasteiger partial charge is 1.00 e. The summed E-state index contributed by atoms with van der Waals surface area (Å²) in [7, 11) is 0. The Bertz CT molecular complexity index is 6910. The number of carbonyl (C=O) groups is 8. The summed E-state index contributed by atoms with van der Waals surface area (Å²) in [4.78, 5) is 106. The molecule has 16 rings (SSSR count). The van der Waals surface area contributed by atoms with Crippen LogP contribution >= 0.6 is 22.6 Å². The number of esters is 3. The number of aliphatic carboxylic acids is 1. The van der Waals surface area contributed by atoms with Gasteiger partial charge in [0.25, 0.3) is 11.8 Å². The number of ether oxygens (including phenoxy) is 3. The van der Waals surface area contributed by atoms with E-state index in [-0.39, 0.29) is 184 Å². The van der Waals surface area contributed by atoms with Gasteiger partial charge in [-0.2, -0.15) is 0 Å². The van der Waals surface area contributed by atoms with Crippen LogP contribution in [0.3, 0.4) is 0 Å². The van der Waals surface area contributed by atoms with Crippen molar-refractivity contribution in [1.82, 2.24) is 9.13 Å². The molecule has 2 saturated heterocycles. The number of amides is 4. The number of benzene rings is 12. The minimum Gasteiger partial charge on any atom is -0.550 e. The summed E-state index contributed by atoms with van der Waals surface area (Å²) in [6.07, 6.45) is -6.44. The normalized spacial score (nSPS) is 15.3. The molecule has 0 bridgehead atoms. The van der Waals surface area contributed by atoms with E-state index in [4.69, 9.17) is 14.2 Å². The molecule has 0 spiro atoms. The summed E-state index contributed by atoms with van der Waals surface area (Å²) in [5.41, 5.74) is 12.7. The van der Waals surface area contributed by atoms with E-state index < -0.39 is 121 Å². The van der Waals surface area contributed by atoms with Crippen LogP contribution in [0.2, 0.25) is 0 Å². The van der Waals surface area contributed by atoms with E-state index in [2.05, 4.69) is 10.6 Å². The van der Waals surface area contributed by atoms with Gasteiger partial charge in [-0.05, 0) is 278 Å². The molecule has 10 atom stereocenters. The number of carboxylic acids is 1. The van der Waals surface area contributed by atoms with E-state index in [1.807, 2.05) is 156 Å². The molecule has 150 heavy (non-hydrogen) atoms. The number of aromatic nitrogens is 2. The Labute approximate surface area is 936 Å². The fourth-order valence-electron chi connectivity index (χ4n) is 19.0. The first-order valence-corrected chi connectivity index (χ1v) is 50.4. The predicted molar refractivity (Wildman–Crippen MR) is 560 cm³/mol. The first-order chi connectivity index (χ1) is 71.7. The summed E-state index contributed by atoms with van der Waals surface area (Å²) in [6, 6.07) is 84.0. The van der Waals surface area contributed by atoms with Crippen LogP contribution in [-0.4, -0.2) is 123 Å². The van der Waals surface area contributed by atoms with Gasteiger partial charge < -0.3 is 84.3 Å². The maximum Gasteiger partial charge on any atom is 1.00 e. The number of β-lactam (4-membered cyclic amide) rings is 2. The van der Waals surface area contributed by atoms with Gasteiger partial charge in [-0.1, -0.05) is 196 Å². The van der Waals surface area contributed by atoms with Gasteiger partial charge in [0.1, 0.15) is 46.4 Å². The molecule has 0 unspecified atom stereocenters. The Balaban J connectivity index is 0.000000207. The smallest absolute Gasteiger partial charge is 0.550 e. The molecule has 0 saturated carbocycles. The third-order valence-corrected chi connectivity index (χ3v) is 26.5. The molecule has 0 radical (unpaired) electrons. The van der Waals surface area contributed by atoms with Crippen LogP contribution in [0.25, 0.3) is 44.8 Å². The Hall–Kier alpha value is -12.9. The quantitative estimate of drug-likeness (QED) is 0.00441. The number of rotatable bonds is 41. The molecule has 24 nitrogen and oxygen atoms in total. The minimum absolute atomic E-state index is 0. The Kier molecular flexibility index (Phi) is 41.3. The van der Waals surface area contributed by atoms with Gasteiger partial charge >= 0.3 is 86.8 Å². The maximum absolute atomic E-state index is 14.4. The second-order valence-corrected chi connectivity index (χ2v) is 37.8. The number of hydrogen-bond acceptors (Lipinski definition) is 18. The van der Waals surface area contributed by atoms with Gasteiger partial charge in [0.05, 0.1) is 93.9 Å². The SMILES string of the molecule is CC(C)c1c(C(=O)Nc2ccccc2)c(-c2ccccc2)c(-c2ccc(F)cc2)n1CC[C@@H](O)C[C@@H](O)CC(=O)OCC(=O)Oc1ccc([C@@H]2[C@@H](CC[C@H](O)c3ccc(F)cc3)C(=O)N2c2ccc(F)cc2)cc1.CC(C)c1c(C(=O)Nc2ccccc2)c(-c2ccccc2)c(-c2ccc(F)cc2)n1CC[C@@H](O)C[C@@H](O)CC(=O)[O-].O=C(CI)Oc1ccc([C@@H]2[C@@H](CC[C@H](O)c3ccc(F)cc3)C(=O)N2c2ccc(F)cc2)cc1.[Cs+]. The standard InChI is InChI=1S/C59H56F3N3O9.C33H35FN2O5.C26H22F2INO4.Cs/c1-36(2)55-54(58(71)63-44-11-7-4-8-12-44)53(38-9-5-3-6-10-38)57(40-15-21-42(61)22-16-40)64(55)32-31-46(66)33-47(67)34-51(69)73-35-52(70)74-48-27-17-39(18-28-48)56-49(29-30-50(68)37-13-19-41(60)20-14-37)59(72)65(56)45-25-23-43(62)24-26-45;1-21(2)31-30(33(41)35-25-11-7-4-8-12-25)29(22-9-5-3-6-10-22)32(23-13-15-24(34)16-14-23)36(31)18-17-26(37)19-27(38)20-28(39)40;27-18-5-1-16(2-6-18)23(31)14-13-22-25(17-3-11-21(12-4-17)34-24(32)15-29)30(26(22)33)20-9-7-19(28)8-10-20;/h3-28,36,46-47,49-50,56,66-68H,29-35H2,1-2H3,(H,63,71);3-16,21,26-27,37-38H,17-20H2,1-2H3,(H,35,41)(H,39,40);1-12,22-23,25,31H,13-15H2;/q;;;+1/p-1/t46-,47-,49-,50+,56-;26-,27-;22-,23+,25-;/m111./s1. The van der Waals surface area contributed by atoms with E-state index in [9.17, 15) is 100 Å². The molecule has 8 N–H and O–H groups in total. The molecule has 14 aromatic rings. The van der Waals surface area contributed by atoms with E-state index in [0.29, 0.717) is 108 Å². The molecule has 4 heterocycles. The molecule has 772 valence electrons. The second kappa shape index (κ2) is 54.2. The summed E-state index contributed by atoms with van der Waals surface area (Å²) < 4.78 is 102. The van der Waals surface area contributed by atoms with Gasteiger partial charge in [-0.25, -0.2) is 31.1 Å². The van der Waals surface area contributed by atoms with Crippen molar-refractivity contribution < 1.29 is 184 Å². The van der Waals surface area contributed by atoms with Gasteiger partial charge in [0, 0.05) is 70.7 Å². The zero-order valence-corrected chi connectivity index (χ0v) is 91.3. The van der Waals surface area contributed by atoms with E-state index in [1.165, 1.54) is 126 Å². The number of nitrogens with one attached hydrogen (secondary N) is 2. The number of aliphatic hydroxyl groups excluding tert-OH is 6. The van der Waals surface area contributed by atoms with Crippen molar-refractivity contribution in [2.75, 3.05) is 31.5 Å². The van der Waals surface area contributed by atoms with E-state index in [1.54, 1.807) is 102 Å². The zero-order valence-electron chi connectivity index (χ0n) is 82.9. The van der Waals surface area contributed by atoms with Crippen LogP contribution in [0.5, 0.6) is 11.5 Å². The van der Waals surface area contributed by atoms with Crippen molar-refractivity contribution in [3.63, 3.8) is 0 Å². The molecular weight excluding hydrogens is 2160 g/mol. The van der Waals surface area contributed by atoms with Crippen LogP contribution in [0.15, 0.2) is 315 Å². The molecule has 2 aliphatic heterocycles. The number of halogens is 7. The van der Waals surface area contributed by atoms with Crippen LogP contribution in [0.1, 0.15) is 182 Å². The van der Waals surface area contributed by atoms with Crippen LogP contribution in [0, 0.1) is 46.7 Å². The average Bonchev–Trinajstić information content (AvgIpc) is 1.72. The topological polar surface area (TPSA) is 349 Å². The third kappa shape index (κ3) is 29.7. The van der Waals surface area contributed by atoms with Gasteiger partial charge in [-0.3, -0.25) is 28.8 Å². The molecule has 32 heteroatoms. The maximum atomic E-state index is 14.4. The predicted octanol–water partition coefficient (Wildman–Crippen LogP) is 18.4. The molecular formula is C118H112CsF6IN6O18. The van der Waals surface area contributed by atoms with Crippen molar-refractivity contribution in [2.24, 2.45) is 11.8 Å². The number of carbonyl (C=O) groups excluding carboxylic acids is 8. The summed E-state index contributed by atoms with van der Waals surface area (Å²) in [5, 5.41) is 81.2. The second-order valence-electron chi connectivity index (χ2n) is 37.1. The van der Waals surface area contributed by atoms with Gasteiger partial charge in [0.15, 0.2) is 6.61 Å². The Morgan fingerprint density at radius 1 is 0.380 bits per heavy atom. The zero-order chi connectivity index (χ0) is 106. The molecule has 2 aromatic heterocycles. The summed E-state index contributed by atoms with van der Waals surface area (Å²) in [6.45, 7) is 7.55. The number of anilines is 4. The fourth-order valence-corrected chi connectivity index (χ4v) is 19.1. The Morgan fingerprint density at radius 2 is 0.700 bits per heavy atom. The summed E-state index contributed by atoms with van der Waals surface area (Å²) >= 11 is 1.92. The number of aliphatic hydroxyl groups is 6. The molecule has 2 fully saturated rings. The number of para-hydroxylation sites is 2. The number of carboxylic acid groups (broad SMARTS) is 1. The van der Waals surface area contributed by atoms with Crippen molar-refractivity contribution in [3.8, 4) is 56.3 Å². The minimum atomic E-state index is -1.39. The number of nitrogens with zero attached hydrogens (tertiary/aromatic N) is 4. The van der Waals surface area contributed by atoms with Crippen LogP contribution in [-0.2, 0) is 46.6 Å². The number of hydrogen-bond donors (Lipinski definition) is 8. The van der Waals surface area contributed by atoms with Crippen LogP contribution < -0.4 is 104 Å². The van der Waals surface area contributed by atoms with E-state index >= 15 is 0 Å². The average molecular weight is 2280 g/mol. The number of alkyl halides is 1. The van der Waals surface area contributed by atoms with Crippen molar-refractivity contribution in [2.45, 2.75) is 166 Å². The Morgan fingerprint density at radius 3 is 1.03 bits per heavy atom. The monoisotopic (exact) mass is 2270 g/mol. The molecule has 0 aliphatic carbocycles. The fraction of sp³-hybridized carbons (Fsp3) is 0.254. The van der Waals surface area contributed by atoms with Gasteiger partial charge in [-0.15, -0.1) is 0 Å². The van der Waals surface area contributed by atoms with Crippen molar-refractivity contribution in [1.29, 1.82) is 0 Å². The third-order valence-electron chi connectivity index (χ3n) is 25.9.